The number of unbranched alkanes of at least 4 members (excludes halogenated alkanes) is 1. The Hall–Kier alpha value is -2.99. The lowest BCUT2D eigenvalue weighted by molar-refractivity contribution is 0.101. The van der Waals surface area contributed by atoms with E-state index >= 15 is 0 Å². The van der Waals surface area contributed by atoms with Crippen LogP contribution in [-0.2, 0) is 6.54 Å². The van der Waals surface area contributed by atoms with Gasteiger partial charge in [0, 0.05) is 6.54 Å². The average molecular weight is 395 g/mol. The SMILES string of the molecule is CCCCN(C)Cc1c(O)cc(C)c2c1O/C(=C\c1ccc3c(c1)OCO3)C2=O. The third-order valence-electron chi connectivity index (χ3n) is 5.24. The summed E-state index contributed by atoms with van der Waals surface area (Å²) in [6.45, 7) is 5.58. The molecule has 2 heterocycles. The molecule has 0 saturated carbocycles. The third kappa shape index (κ3) is 3.68. The van der Waals surface area contributed by atoms with Crippen LogP contribution in [0.25, 0.3) is 6.08 Å². The number of hydrogen-bond donors (Lipinski definition) is 1. The smallest absolute Gasteiger partial charge is 0.232 e. The van der Waals surface area contributed by atoms with E-state index < -0.39 is 0 Å². The molecule has 0 aliphatic carbocycles. The van der Waals surface area contributed by atoms with Gasteiger partial charge in [0.15, 0.2) is 17.3 Å². The highest BCUT2D eigenvalue weighted by Crippen LogP contribution is 2.42. The number of rotatable bonds is 6. The molecule has 0 amide bonds. The fourth-order valence-electron chi connectivity index (χ4n) is 3.66. The standard InChI is InChI=1S/C23H25NO5/c1-4-5-8-24(3)12-16-17(25)9-14(2)21-22(26)20(29-23(16)21)11-15-6-7-18-19(10-15)28-13-27-18/h6-7,9-11,25H,4-5,8,12-13H2,1-3H3/b20-11-. The molecule has 4 rings (SSSR count). The van der Waals surface area contributed by atoms with Gasteiger partial charge in [0.05, 0.1) is 11.1 Å². The zero-order valence-electron chi connectivity index (χ0n) is 16.9. The van der Waals surface area contributed by atoms with Gasteiger partial charge in [-0.15, -0.1) is 0 Å². The van der Waals surface area contributed by atoms with Gasteiger partial charge in [-0.3, -0.25) is 4.79 Å². The fourth-order valence-corrected chi connectivity index (χ4v) is 3.66. The molecular formula is C23H25NO5. The number of carbonyl (C=O) groups is 1. The normalized spacial score (nSPS) is 15.9. The molecule has 0 bridgehead atoms. The van der Waals surface area contributed by atoms with Crippen molar-refractivity contribution in [1.29, 1.82) is 0 Å². The van der Waals surface area contributed by atoms with Gasteiger partial charge in [0.25, 0.3) is 0 Å². The molecule has 152 valence electrons. The van der Waals surface area contributed by atoms with Crippen molar-refractivity contribution in [3.63, 3.8) is 0 Å². The zero-order valence-corrected chi connectivity index (χ0v) is 16.9. The van der Waals surface area contributed by atoms with Crippen LogP contribution in [0.2, 0.25) is 0 Å². The topological polar surface area (TPSA) is 68.2 Å². The van der Waals surface area contributed by atoms with Crippen LogP contribution in [-0.4, -0.2) is 36.2 Å². The van der Waals surface area contributed by atoms with Gasteiger partial charge in [-0.1, -0.05) is 19.4 Å². The summed E-state index contributed by atoms with van der Waals surface area (Å²) >= 11 is 0. The summed E-state index contributed by atoms with van der Waals surface area (Å²) in [6.07, 6.45) is 3.87. The molecule has 0 spiro atoms. The number of carbonyl (C=O) groups excluding carboxylic acids is 1. The Balaban J connectivity index is 1.66. The molecule has 6 nitrogen and oxygen atoms in total. The molecule has 2 aromatic rings. The number of phenols is 1. The second-order valence-corrected chi connectivity index (χ2v) is 7.54. The first-order valence-electron chi connectivity index (χ1n) is 9.85. The molecule has 2 aliphatic heterocycles. The maximum atomic E-state index is 13.0. The number of phenolic OH excluding ortho intramolecular Hbond substituents is 1. The van der Waals surface area contributed by atoms with E-state index in [0.29, 0.717) is 40.5 Å². The van der Waals surface area contributed by atoms with Crippen LogP contribution in [0.1, 0.15) is 46.8 Å². The second-order valence-electron chi connectivity index (χ2n) is 7.54. The number of hydrogen-bond acceptors (Lipinski definition) is 6. The van der Waals surface area contributed by atoms with Crippen molar-refractivity contribution in [3.8, 4) is 23.0 Å². The van der Waals surface area contributed by atoms with Crippen LogP contribution in [0, 0.1) is 6.92 Å². The molecule has 0 saturated heterocycles. The van der Waals surface area contributed by atoms with E-state index in [9.17, 15) is 9.90 Å². The Bertz CT molecular complexity index is 995. The van der Waals surface area contributed by atoms with E-state index in [1.807, 2.05) is 32.2 Å². The monoisotopic (exact) mass is 395 g/mol. The molecule has 0 fully saturated rings. The van der Waals surface area contributed by atoms with Crippen molar-refractivity contribution in [2.45, 2.75) is 33.2 Å². The number of ether oxygens (including phenoxy) is 3. The minimum atomic E-state index is -0.173. The van der Waals surface area contributed by atoms with Crippen molar-refractivity contribution < 1.29 is 24.1 Å². The molecule has 29 heavy (non-hydrogen) atoms. The molecule has 0 radical (unpaired) electrons. The summed E-state index contributed by atoms with van der Waals surface area (Å²) in [5.74, 6) is 2.02. The van der Waals surface area contributed by atoms with Gasteiger partial charge in [0.2, 0.25) is 12.6 Å². The molecule has 0 atom stereocenters. The Labute approximate surface area is 170 Å². The van der Waals surface area contributed by atoms with E-state index in [1.165, 1.54) is 0 Å². The maximum absolute atomic E-state index is 13.0. The average Bonchev–Trinajstić information content (AvgIpc) is 3.28. The largest absolute Gasteiger partial charge is 0.507 e. The Morgan fingerprint density at radius 3 is 2.79 bits per heavy atom. The summed E-state index contributed by atoms with van der Waals surface area (Å²) in [5, 5.41) is 10.5. The van der Waals surface area contributed by atoms with Crippen molar-refractivity contribution >= 4 is 11.9 Å². The number of Topliss-reactive ketones (excluding diaryl/α,β-unsaturated/α-hetero) is 1. The van der Waals surface area contributed by atoms with Gasteiger partial charge in [-0.05, 0) is 62.3 Å². The number of allylic oxidation sites excluding steroid dienone is 1. The first-order chi connectivity index (χ1) is 14.0. The predicted molar refractivity (Wildman–Crippen MR) is 110 cm³/mol. The number of aryl methyl sites for hydroxylation is 1. The predicted octanol–water partition coefficient (Wildman–Crippen LogP) is 4.28. The molecular weight excluding hydrogens is 370 g/mol. The summed E-state index contributed by atoms with van der Waals surface area (Å²) in [4.78, 5) is 15.2. The highest BCUT2D eigenvalue weighted by molar-refractivity contribution is 6.15. The first kappa shape index (κ1) is 19.3. The maximum Gasteiger partial charge on any atom is 0.232 e. The van der Waals surface area contributed by atoms with Crippen molar-refractivity contribution in [2.24, 2.45) is 0 Å². The van der Waals surface area contributed by atoms with Gasteiger partial charge >= 0.3 is 0 Å². The molecule has 1 N–H and O–H groups in total. The van der Waals surface area contributed by atoms with E-state index in [0.717, 1.165) is 24.9 Å². The van der Waals surface area contributed by atoms with E-state index in [2.05, 4.69) is 11.8 Å². The van der Waals surface area contributed by atoms with Gasteiger partial charge in [-0.25, -0.2) is 0 Å². The zero-order chi connectivity index (χ0) is 20.5. The first-order valence-corrected chi connectivity index (χ1v) is 9.85. The summed E-state index contributed by atoms with van der Waals surface area (Å²) in [5.41, 5.74) is 2.66. The minimum Gasteiger partial charge on any atom is -0.507 e. The lowest BCUT2D eigenvalue weighted by atomic mass is 9.99. The lowest BCUT2D eigenvalue weighted by Crippen LogP contribution is -2.19. The van der Waals surface area contributed by atoms with Crippen molar-refractivity contribution in [2.75, 3.05) is 20.4 Å². The van der Waals surface area contributed by atoms with E-state index in [4.69, 9.17) is 14.2 Å². The molecule has 0 aromatic heterocycles. The minimum absolute atomic E-state index is 0.154. The van der Waals surface area contributed by atoms with Crippen molar-refractivity contribution in [1.82, 2.24) is 4.90 Å². The van der Waals surface area contributed by atoms with Crippen LogP contribution >= 0.6 is 0 Å². The summed E-state index contributed by atoms with van der Waals surface area (Å²) in [7, 11) is 2.00. The Morgan fingerprint density at radius 2 is 2.00 bits per heavy atom. The van der Waals surface area contributed by atoms with E-state index in [-0.39, 0.29) is 24.1 Å². The molecule has 2 aromatic carbocycles. The van der Waals surface area contributed by atoms with Crippen LogP contribution in [0.15, 0.2) is 30.0 Å². The van der Waals surface area contributed by atoms with Crippen LogP contribution in [0.5, 0.6) is 23.0 Å². The number of fused-ring (bicyclic) bond motifs is 2. The third-order valence-corrected chi connectivity index (χ3v) is 5.24. The number of ketones is 1. The van der Waals surface area contributed by atoms with Gasteiger partial charge < -0.3 is 24.2 Å². The van der Waals surface area contributed by atoms with Gasteiger partial charge in [0.1, 0.15) is 11.5 Å². The quantitative estimate of drug-likeness (QED) is 0.737. The lowest BCUT2D eigenvalue weighted by Gasteiger charge is -2.19. The Kier molecular flexibility index (Phi) is 5.20. The van der Waals surface area contributed by atoms with Crippen LogP contribution in [0.4, 0.5) is 0 Å². The number of benzene rings is 2. The number of aromatic hydroxyl groups is 1. The van der Waals surface area contributed by atoms with Crippen LogP contribution in [0.3, 0.4) is 0 Å². The molecule has 0 unspecified atom stereocenters. The highest BCUT2D eigenvalue weighted by Gasteiger charge is 2.33. The van der Waals surface area contributed by atoms with Crippen LogP contribution < -0.4 is 14.2 Å². The van der Waals surface area contributed by atoms with Gasteiger partial charge in [-0.2, -0.15) is 0 Å². The summed E-state index contributed by atoms with van der Waals surface area (Å²) in [6, 6.07) is 7.13. The molecule has 2 aliphatic rings. The number of nitrogens with zero attached hydrogens (tertiary/aromatic N) is 1. The molecule has 6 heteroatoms. The summed E-state index contributed by atoms with van der Waals surface area (Å²) < 4.78 is 16.7. The van der Waals surface area contributed by atoms with Crippen molar-refractivity contribution in [3.05, 3.63) is 52.3 Å². The Morgan fingerprint density at radius 1 is 1.21 bits per heavy atom. The fraction of sp³-hybridized carbons (Fsp3) is 0.348. The van der Waals surface area contributed by atoms with E-state index in [1.54, 1.807) is 12.1 Å². The second kappa shape index (κ2) is 7.79. The highest BCUT2D eigenvalue weighted by atomic mass is 16.7.